The molecule has 19 heavy (non-hydrogen) atoms. The summed E-state index contributed by atoms with van der Waals surface area (Å²) in [4.78, 5) is 33.4. The van der Waals surface area contributed by atoms with Crippen molar-refractivity contribution in [2.75, 3.05) is 19.0 Å². The molecule has 0 fully saturated rings. The molecule has 0 aliphatic rings. The molecule has 0 aromatic carbocycles. The highest BCUT2D eigenvalue weighted by Gasteiger charge is 2.26. The van der Waals surface area contributed by atoms with E-state index in [0.717, 1.165) is 0 Å². The van der Waals surface area contributed by atoms with Gasteiger partial charge in [-0.15, -0.1) is 0 Å². The Bertz CT molecular complexity index is 339. The Morgan fingerprint density at radius 3 is 1.89 bits per heavy atom. The summed E-state index contributed by atoms with van der Waals surface area (Å²) in [5.41, 5.74) is 0. The standard InChI is InChI=1S/C9H16N2O7S/c12-1-4(9(17)18)10-7(15)5(3-19)11-8(16)6(14)2-13/h4-6,12-14,19H,1-3H2,(H,10,15)(H,11,16)(H,17,18). The molecule has 2 amide bonds. The summed E-state index contributed by atoms with van der Waals surface area (Å²) >= 11 is 3.80. The number of carbonyl (C=O) groups excluding carboxylic acids is 2. The summed E-state index contributed by atoms with van der Waals surface area (Å²) in [6.45, 7) is -1.63. The van der Waals surface area contributed by atoms with Crippen LogP contribution in [0.4, 0.5) is 0 Å². The van der Waals surface area contributed by atoms with Crippen molar-refractivity contribution < 1.29 is 34.8 Å². The smallest absolute Gasteiger partial charge is 0.328 e. The number of nitrogens with one attached hydrogen (secondary N) is 2. The molecule has 0 aliphatic heterocycles. The van der Waals surface area contributed by atoms with Crippen LogP contribution in [0.5, 0.6) is 0 Å². The molecule has 0 heterocycles. The number of aliphatic carboxylic acids is 1. The number of aliphatic hydroxyl groups is 3. The van der Waals surface area contributed by atoms with Gasteiger partial charge in [-0.25, -0.2) is 4.79 Å². The average molecular weight is 296 g/mol. The van der Waals surface area contributed by atoms with E-state index in [0.29, 0.717) is 0 Å². The summed E-state index contributed by atoms with van der Waals surface area (Å²) < 4.78 is 0. The number of thiol groups is 1. The first-order valence-electron chi connectivity index (χ1n) is 5.21. The van der Waals surface area contributed by atoms with E-state index in [1.807, 2.05) is 5.32 Å². The molecule has 10 heteroatoms. The van der Waals surface area contributed by atoms with E-state index in [9.17, 15) is 14.4 Å². The van der Waals surface area contributed by atoms with Gasteiger partial charge in [0, 0.05) is 5.75 Å². The molecule has 110 valence electrons. The number of carboxylic acid groups (broad SMARTS) is 1. The molecule has 0 radical (unpaired) electrons. The fourth-order valence-electron chi connectivity index (χ4n) is 1.00. The first-order chi connectivity index (χ1) is 8.87. The maximum absolute atomic E-state index is 11.6. The quantitative estimate of drug-likeness (QED) is 0.227. The minimum Gasteiger partial charge on any atom is -0.480 e. The Balaban J connectivity index is 4.56. The van der Waals surface area contributed by atoms with Crippen LogP contribution >= 0.6 is 12.6 Å². The zero-order valence-electron chi connectivity index (χ0n) is 9.81. The van der Waals surface area contributed by atoms with Gasteiger partial charge >= 0.3 is 5.97 Å². The molecular weight excluding hydrogens is 280 g/mol. The number of hydrogen-bond acceptors (Lipinski definition) is 7. The van der Waals surface area contributed by atoms with E-state index >= 15 is 0 Å². The number of rotatable bonds is 8. The summed E-state index contributed by atoms with van der Waals surface area (Å²) in [7, 11) is 0. The minimum atomic E-state index is -1.69. The second-order valence-corrected chi connectivity index (χ2v) is 3.89. The monoisotopic (exact) mass is 296 g/mol. The lowest BCUT2D eigenvalue weighted by Crippen LogP contribution is -2.55. The first-order valence-corrected chi connectivity index (χ1v) is 5.84. The summed E-state index contributed by atoms with van der Waals surface area (Å²) in [6, 6.07) is -2.71. The maximum atomic E-state index is 11.6. The largest absolute Gasteiger partial charge is 0.480 e. The van der Waals surface area contributed by atoms with Gasteiger partial charge in [-0.05, 0) is 0 Å². The van der Waals surface area contributed by atoms with Crippen molar-refractivity contribution in [2.45, 2.75) is 18.2 Å². The van der Waals surface area contributed by atoms with Gasteiger partial charge in [0.25, 0.3) is 5.91 Å². The van der Waals surface area contributed by atoms with Crippen LogP contribution in [0.1, 0.15) is 0 Å². The SMILES string of the molecule is O=C(NC(CS)C(=O)NC(CO)C(=O)O)C(O)CO. The van der Waals surface area contributed by atoms with Gasteiger partial charge < -0.3 is 31.1 Å². The van der Waals surface area contributed by atoms with Crippen LogP contribution in [-0.4, -0.2) is 75.4 Å². The molecule has 0 aromatic heterocycles. The predicted octanol–water partition coefficient (Wildman–Crippen LogP) is -3.68. The fourth-order valence-corrected chi connectivity index (χ4v) is 1.26. The van der Waals surface area contributed by atoms with Gasteiger partial charge in [0.15, 0.2) is 6.10 Å². The van der Waals surface area contributed by atoms with Crippen LogP contribution < -0.4 is 10.6 Å². The fraction of sp³-hybridized carbons (Fsp3) is 0.667. The Labute approximate surface area is 114 Å². The van der Waals surface area contributed by atoms with Crippen molar-refractivity contribution in [3.8, 4) is 0 Å². The normalized spacial score (nSPS) is 15.2. The zero-order chi connectivity index (χ0) is 15.0. The van der Waals surface area contributed by atoms with E-state index in [1.165, 1.54) is 0 Å². The lowest BCUT2D eigenvalue weighted by molar-refractivity contribution is -0.143. The lowest BCUT2D eigenvalue weighted by atomic mass is 10.2. The Morgan fingerprint density at radius 2 is 1.53 bits per heavy atom. The van der Waals surface area contributed by atoms with Crippen molar-refractivity contribution in [3.63, 3.8) is 0 Å². The van der Waals surface area contributed by atoms with E-state index in [2.05, 4.69) is 17.9 Å². The Kier molecular flexibility index (Phi) is 8.07. The van der Waals surface area contributed by atoms with Crippen LogP contribution in [0.15, 0.2) is 0 Å². The van der Waals surface area contributed by atoms with Gasteiger partial charge in [-0.3, -0.25) is 9.59 Å². The Hall–Kier alpha value is -1.36. The molecule has 0 aliphatic carbocycles. The molecular formula is C9H16N2O7S. The third-order valence-electron chi connectivity index (χ3n) is 2.09. The van der Waals surface area contributed by atoms with Crippen molar-refractivity contribution in [1.29, 1.82) is 0 Å². The number of carbonyl (C=O) groups is 3. The number of carboxylic acids is 1. The van der Waals surface area contributed by atoms with Crippen LogP contribution in [0.2, 0.25) is 0 Å². The molecule has 0 bridgehead atoms. The van der Waals surface area contributed by atoms with Gasteiger partial charge in [-0.1, -0.05) is 0 Å². The highest BCUT2D eigenvalue weighted by atomic mass is 32.1. The average Bonchev–Trinajstić information content (AvgIpc) is 2.39. The van der Waals surface area contributed by atoms with E-state index in [4.69, 9.17) is 20.4 Å². The van der Waals surface area contributed by atoms with Gasteiger partial charge in [0.1, 0.15) is 12.1 Å². The molecule has 0 saturated carbocycles. The summed E-state index contributed by atoms with van der Waals surface area (Å²) in [6.07, 6.45) is -1.69. The Morgan fingerprint density at radius 1 is 1.00 bits per heavy atom. The van der Waals surface area contributed by atoms with Gasteiger partial charge in [0.2, 0.25) is 5.91 Å². The second-order valence-electron chi connectivity index (χ2n) is 3.52. The van der Waals surface area contributed by atoms with Crippen molar-refractivity contribution in [3.05, 3.63) is 0 Å². The first kappa shape index (κ1) is 17.6. The highest BCUT2D eigenvalue weighted by molar-refractivity contribution is 7.80. The molecule has 3 unspecified atom stereocenters. The van der Waals surface area contributed by atoms with Crippen molar-refractivity contribution in [2.24, 2.45) is 0 Å². The van der Waals surface area contributed by atoms with Crippen LogP contribution in [0.3, 0.4) is 0 Å². The zero-order valence-corrected chi connectivity index (χ0v) is 10.7. The van der Waals surface area contributed by atoms with Crippen molar-refractivity contribution >= 4 is 30.4 Å². The molecule has 6 N–H and O–H groups in total. The third kappa shape index (κ3) is 5.87. The van der Waals surface area contributed by atoms with Crippen LogP contribution in [0.25, 0.3) is 0 Å². The summed E-state index contributed by atoms with van der Waals surface area (Å²) in [5, 5.41) is 39.0. The summed E-state index contributed by atoms with van der Waals surface area (Å²) in [5.74, 6) is -3.47. The molecule has 9 nitrogen and oxygen atoms in total. The molecule has 0 saturated heterocycles. The van der Waals surface area contributed by atoms with E-state index in [-0.39, 0.29) is 5.75 Å². The van der Waals surface area contributed by atoms with E-state index < -0.39 is 49.2 Å². The van der Waals surface area contributed by atoms with Gasteiger partial charge in [0.05, 0.1) is 13.2 Å². The molecule has 0 rings (SSSR count). The van der Waals surface area contributed by atoms with E-state index in [1.54, 1.807) is 0 Å². The lowest BCUT2D eigenvalue weighted by Gasteiger charge is -2.20. The molecule has 3 atom stereocenters. The number of hydrogen-bond donors (Lipinski definition) is 7. The number of aliphatic hydroxyl groups excluding tert-OH is 3. The topological polar surface area (TPSA) is 156 Å². The van der Waals surface area contributed by atoms with Crippen LogP contribution in [0, 0.1) is 0 Å². The van der Waals surface area contributed by atoms with Gasteiger partial charge in [-0.2, -0.15) is 12.6 Å². The molecule has 0 aromatic rings. The van der Waals surface area contributed by atoms with Crippen molar-refractivity contribution in [1.82, 2.24) is 10.6 Å². The minimum absolute atomic E-state index is 0.159. The van der Waals surface area contributed by atoms with Crippen LogP contribution in [-0.2, 0) is 14.4 Å². The maximum Gasteiger partial charge on any atom is 0.328 e. The molecule has 0 spiro atoms. The highest BCUT2D eigenvalue weighted by Crippen LogP contribution is 1.93. The third-order valence-corrected chi connectivity index (χ3v) is 2.45. The second kappa shape index (κ2) is 8.69. The predicted molar refractivity (Wildman–Crippen MR) is 65.5 cm³/mol. The number of amides is 2.